The summed E-state index contributed by atoms with van der Waals surface area (Å²) >= 11 is 3.31. The van der Waals surface area contributed by atoms with Gasteiger partial charge in [0.05, 0.1) is 17.8 Å². The molecule has 0 unspecified atom stereocenters. The average molecular weight is 355 g/mol. The minimum Gasteiger partial charge on any atom is -0.495 e. The molecule has 0 bridgehead atoms. The Morgan fingerprint density at radius 2 is 2.24 bits per heavy atom. The number of nitrogens with one attached hydrogen (secondary N) is 1. The van der Waals surface area contributed by atoms with Crippen LogP contribution in [0.1, 0.15) is 10.5 Å². The lowest BCUT2D eigenvalue weighted by Crippen LogP contribution is -2.12. The molecule has 1 aromatic heterocycles. The molecule has 0 radical (unpaired) electrons. The zero-order chi connectivity index (χ0) is 15.4. The number of nitrogens with zero attached hydrogens (tertiary/aromatic N) is 3. The van der Waals surface area contributed by atoms with Crippen LogP contribution in [-0.4, -0.2) is 39.1 Å². The predicted molar refractivity (Wildman–Crippen MR) is 76.3 cm³/mol. The summed E-state index contributed by atoms with van der Waals surface area (Å²) in [7, 11) is 1.52. The summed E-state index contributed by atoms with van der Waals surface area (Å²) in [6.07, 6.45) is 1.26. The number of carboxylic acids is 1. The Balaban J connectivity index is 2.10. The zero-order valence-corrected chi connectivity index (χ0v) is 12.5. The van der Waals surface area contributed by atoms with Gasteiger partial charge in [-0.05, 0) is 28.1 Å². The summed E-state index contributed by atoms with van der Waals surface area (Å²) in [6, 6.07) is 5.06. The van der Waals surface area contributed by atoms with Crippen molar-refractivity contribution in [2.75, 3.05) is 12.4 Å². The van der Waals surface area contributed by atoms with E-state index in [-0.39, 0.29) is 12.2 Å². The third-order valence-corrected chi connectivity index (χ3v) is 3.13. The lowest BCUT2D eigenvalue weighted by Gasteiger charge is -2.07. The van der Waals surface area contributed by atoms with Gasteiger partial charge in [0, 0.05) is 11.8 Å². The number of aliphatic carboxylic acids is 1. The molecule has 0 atom stereocenters. The summed E-state index contributed by atoms with van der Waals surface area (Å²) in [5.41, 5.74) is 0.547. The first-order valence-corrected chi connectivity index (χ1v) is 6.55. The van der Waals surface area contributed by atoms with Crippen LogP contribution in [0.3, 0.4) is 0 Å². The molecule has 0 aliphatic rings. The summed E-state index contributed by atoms with van der Waals surface area (Å²) in [5, 5.41) is 18.4. The number of hydrogen-bond donors (Lipinski definition) is 2. The van der Waals surface area contributed by atoms with Crippen molar-refractivity contribution in [1.82, 2.24) is 15.0 Å². The van der Waals surface area contributed by atoms with Gasteiger partial charge in [-0.15, -0.1) is 5.10 Å². The van der Waals surface area contributed by atoms with Crippen molar-refractivity contribution in [2.24, 2.45) is 0 Å². The molecule has 2 N–H and O–H groups in total. The predicted octanol–water partition coefficient (Wildman–Crippen LogP) is 1.39. The van der Waals surface area contributed by atoms with E-state index < -0.39 is 11.9 Å². The fraction of sp³-hybridized carbons (Fsp3) is 0.167. The molecule has 0 aliphatic heterocycles. The maximum absolute atomic E-state index is 12.0. The van der Waals surface area contributed by atoms with Gasteiger partial charge in [0.1, 0.15) is 12.3 Å². The Bertz CT molecular complexity index is 686. The summed E-state index contributed by atoms with van der Waals surface area (Å²) < 4.78 is 6.95. The van der Waals surface area contributed by atoms with Gasteiger partial charge in [0.15, 0.2) is 5.69 Å². The van der Waals surface area contributed by atoms with Crippen molar-refractivity contribution in [3.8, 4) is 5.75 Å². The van der Waals surface area contributed by atoms with Crippen molar-refractivity contribution in [2.45, 2.75) is 6.54 Å². The highest BCUT2D eigenvalue weighted by molar-refractivity contribution is 9.10. The fourth-order valence-corrected chi connectivity index (χ4v) is 1.96. The summed E-state index contributed by atoms with van der Waals surface area (Å²) in [4.78, 5) is 22.5. The number of rotatable bonds is 5. The van der Waals surface area contributed by atoms with Crippen molar-refractivity contribution in [3.05, 3.63) is 34.6 Å². The molecule has 0 saturated heterocycles. The van der Waals surface area contributed by atoms with Crippen LogP contribution < -0.4 is 10.1 Å². The number of carbonyl (C=O) groups excluding carboxylic acids is 1. The summed E-state index contributed by atoms with van der Waals surface area (Å²) in [6.45, 7) is -0.355. The van der Waals surface area contributed by atoms with Gasteiger partial charge in [0.2, 0.25) is 0 Å². The van der Waals surface area contributed by atoms with Crippen molar-refractivity contribution >= 4 is 33.5 Å². The third kappa shape index (κ3) is 3.78. The smallest absolute Gasteiger partial charge is 0.325 e. The van der Waals surface area contributed by atoms with E-state index >= 15 is 0 Å². The number of halogens is 1. The van der Waals surface area contributed by atoms with E-state index in [0.29, 0.717) is 11.4 Å². The SMILES string of the molecule is COc1cc(NC(=O)c2cn(CC(=O)O)nn2)ccc1Br. The Hall–Kier alpha value is -2.42. The van der Waals surface area contributed by atoms with Crippen molar-refractivity contribution in [1.29, 1.82) is 0 Å². The molecule has 1 heterocycles. The van der Waals surface area contributed by atoms with Crippen LogP contribution in [0.15, 0.2) is 28.9 Å². The Labute approximate surface area is 127 Å². The van der Waals surface area contributed by atoms with E-state index in [2.05, 4.69) is 31.6 Å². The average Bonchev–Trinajstić information content (AvgIpc) is 2.88. The first kappa shape index (κ1) is 15.0. The largest absolute Gasteiger partial charge is 0.495 e. The van der Waals surface area contributed by atoms with Gasteiger partial charge >= 0.3 is 5.97 Å². The Morgan fingerprint density at radius 1 is 1.48 bits per heavy atom. The van der Waals surface area contributed by atoms with Gasteiger partial charge in [-0.2, -0.15) is 0 Å². The number of aromatic nitrogens is 3. The van der Waals surface area contributed by atoms with E-state index in [1.807, 2.05) is 0 Å². The van der Waals surface area contributed by atoms with Crippen molar-refractivity contribution < 1.29 is 19.4 Å². The zero-order valence-electron chi connectivity index (χ0n) is 10.9. The lowest BCUT2D eigenvalue weighted by molar-refractivity contribution is -0.137. The minimum absolute atomic E-state index is 0.0261. The van der Waals surface area contributed by atoms with E-state index in [0.717, 1.165) is 9.15 Å². The molecule has 1 amide bonds. The molecule has 110 valence electrons. The van der Waals surface area contributed by atoms with Crippen LogP contribution in [0.25, 0.3) is 0 Å². The topological polar surface area (TPSA) is 106 Å². The second-order valence-corrected chi connectivity index (χ2v) is 4.85. The van der Waals surface area contributed by atoms with Crippen LogP contribution >= 0.6 is 15.9 Å². The molecule has 0 saturated carbocycles. The molecule has 9 heteroatoms. The maximum Gasteiger partial charge on any atom is 0.325 e. The fourth-order valence-electron chi connectivity index (χ4n) is 1.55. The molecule has 8 nitrogen and oxygen atoms in total. The van der Waals surface area contributed by atoms with Gasteiger partial charge in [-0.1, -0.05) is 5.21 Å². The number of methoxy groups -OCH3 is 1. The normalized spacial score (nSPS) is 10.2. The van der Waals surface area contributed by atoms with Crippen LogP contribution in [0, 0.1) is 0 Å². The number of ether oxygens (including phenoxy) is 1. The number of carbonyl (C=O) groups is 2. The Kier molecular flexibility index (Phi) is 4.53. The Morgan fingerprint density at radius 3 is 2.90 bits per heavy atom. The van der Waals surface area contributed by atoms with E-state index in [9.17, 15) is 9.59 Å². The maximum atomic E-state index is 12.0. The first-order valence-electron chi connectivity index (χ1n) is 5.76. The number of anilines is 1. The second kappa shape index (κ2) is 6.35. The highest BCUT2D eigenvalue weighted by Gasteiger charge is 2.13. The van der Waals surface area contributed by atoms with Gasteiger partial charge in [-0.25, -0.2) is 4.68 Å². The molecule has 0 spiro atoms. The van der Waals surface area contributed by atoms with Gasteiger partial charge in [-0.3, -0.25) is 9.59 Å². The standard InChI is InChI=1S/C12H11BrN4O4/c1-21-10-4-7(2-3-8(10)13)14-12(20)9-5-17(16-15-9)6-11(18)19/h2-5H,6H2,1H3,(H,14,20)(H,18,19). The monoisotopic (exact) mass is 354 g/mol. The molecule has 21 heavy (non-hydrogen) atoms. The van der Waals surface area contributed by atoms with Crippen LogP contribution in [0.5, 0.6) is 5.75 Å². The van der Waals surface area contributed by atoms with E-state index in [1.165, 1.54) is 13.3 Å². The van der Waals surface area contributed by atoms with Crippen molar-refractivity contribution in [3.63, 3.8) is 0 Å². The molecule has 0 fully saturated rings. The van der Waals surface area contributed by atoms with Crippen LogP contribution in [0.4, 0.5) is 5.69 Å². The van der Waals surface area contributed by atoms with Gasteiger partial charge < -0.3 is 15.2 Å². The molecule has 0 aliphatic carbocycles. The van der Waals surface area contributed by atoms with Gasteiger partial charge in [0.25, 0.3) is 5.91 Å². The number of amides is 1. The first-order chi connectivity index (χ1) is 9.99. The van der Waals surface area contributed by atoms with E-state index in [1.54, 1.807) is 18.2 Å². The molecule has 2 aromatic rings. The molecular weight excluding hydrogens is 344 g/mol. The molecular formula is C12H11BrN4O4. The summed E-state index contributed by atoms with van der Waals surface area (Å²) in [5.74, 6) is -0.983. The number of carboxylic acid groups (broad SMARTS) is 1. The second-order valence-electron chi connectivity index (χ2n) is 4.00. The van der Waals surface area contributed by atoms with Crippen LogP contribution in [0.2, 0.25) is 0 Å². The molecule has 2 rings (SSSR count). The number of hydrogen-bond acceptors (Lipinski definition) is 5. The molecule has 1 aromatic carbocycles. The highest BCUT2D eigenvalue weighted by Crippen LogP contribution is 2.27. The third-order valence-electron chi connectivity index (χ3n) is 2.48. The quantitative estimate of drug-likeness (QED) is 0.840. The van der Waals surface area contributed by atoms with Crippen LogP contribution in [-0.2, 0) is 11.3 Å². The minimum atomic E-state index is -1.07. The van der Waals surface area contributed by atoms with E-state index in [4.69, 9.17) is 9.84 Å². The number of benzene rings is 1. The lowest BCUT2D eigenvalue weighted by atomic mass is 10.3. The highest BCUT2D eigenvalue weighted by atomic mass is 79.9.